The fourth-order valence-electron chi connectivity index (χ4n) is 2.83. The van der Waals surface area contributed by atoms with Gasteiger partial charge in [0.2, 0.25) is 0 Å². The molecule has 22 heavy (non-hydrogen) atoms. The Hall–Kier alpha value is -1.95. The summed E-state index contributed by atoms with van der Waals surface area (Å²) in [5, 5.41) is 11.3. The Kier molecular flexibility index (Phi) is 4.51. The zero-order valence-electron chi connectivity index (χ0n) is 13.3. The van der Waals surface area contributed by atoms with Crippen molar-refractivity contribution in [2.45, 2.75) is 45.1 Å². The fraction of sp³-hybridized carbons (Fsp3) is 0.562. The molecule has 120 valence electrons. The summed E-state index contributed by atoms with van der Waals surface area (Å²) in [5.74, 6) is -0.182. The number of rotatable bonds is 2. The number of nitro groups is 1. The molecule has 0 spiro atoms. The lowest BCUT2D eigenvalue weighted by Crippen LogP contribution is -2.45. The number of nitro benzene ring substituents is 1. The minimum Gasteiger partial charge on any atom is -0.337 e. The van der Waals surface area contributed by atoms with Gasteiger partial charge in [-0.05, 0) is 24.3 Å². The summed E-state index contributed by atoms with van der Waals surface area (Å²) < 4.78 is 0. The Labute approximate surface area is 130 Å². The van der Waals surface area contributed by atoms with E-state index in [1.807, 2.05) is 20.8 Å². The molecule has 1 aliphatic rings. The highest BCUT2D eigenvalue weighted by Gasteiger charge is 2.28. The third kappa shape index (κ3) is 3.44. The molecular formula is C16H23N3O3. The highest BCUT2D eigenvalue weighted by atomic mass is 16.6. The number of benzene rings is 1. The first-order valence-corrected chi connectivity index (χ1v) is 7.54. The van der Waals surface area contributed by atoms with Crippen LogP contribution in [0.1, 0.15) is 49.5 Å². The van der Waals surface area contributed by atoms with Crippen molar-refractivity contribution in [1.29, 1.82) is 0 Å². The van der Waals surface area contributed by atoms with Crippen molar-refractivity contribution in [3.63, 3.8) is 0 Å². The fourth-order valence-corrected chi connectivity index (χ4v) is 2.83. The molecule has 0 aliphatic carbocycles. The summed E-state index contributed by atoms with van der Waals surface area (Å²) in [6.07, 6.45) is 1.78. The number of carbonyl (C=O) groups excluding carboxylic acids is 1. The molecule has 1 saturated heterocycles. The molecule has 2 rings (SSSR count). The number of carbonyl (C=O) groups is 1. The van der Waals surface area contributed by atoms with Crippen LogP contribution in [-0.4, -0.2) is 34.9 Å². The SMILES string of the molecule is CC(C)(C)c1ccc(C(=O)N2CCCC(N)C2)cc1[N+](=O)[O-]. The molecule has 1 aliphatic heterocycles. The average molecular weight is 305 g/mol. The van der Waals surface area contributed by atoms with Gasteiger partial charge in [-0.15, -0.1) is 0 Å². The van der Waals surface area contributed by atoms with Crippen LogP contribution < -0.4 is 5.73 Å². The van der Waals surface area contributed by atoms with Crippen LogP contribution in [-0.2, 0) is 5.41 Å². The maximum atomic E-state index is 12.5. The zero-order valence-corrected chi connectivity index (χ0v) is 13.3. The van der Waals surface area contributed by atoms with Gasteiger partial charge < -0.3 is 10.6 Å². The van der Waals surface area contributed by atoms with Crippen LogP contribution in [0.4, 0.5) is 5.69 Å². The average Bonchev–Trinajstić information content (AvgIpc) is 2.44. The topological polar surface area (TPSA) is 89.5 Å². The van der Waals surface area contributed by atoms with E-state index in [9.17, 15) is 14.9 Å². The first-order chi connectivity index (χ1) is 10.2. The van der Waals surface area contributed by atoms with Gasteiger partial charge in [0.25, 0.3) is 11.6 Å². The molecule has 1 unspecified atom stereocenters. The molecule has 1 aromatic rings. The first-order valence-electron chi connectivity index (χ1n) is 7.54. The molecule has 0 radical (unpaired) electrons. The number of hydrogen-bond donors (Lipinski definition) is 1. The molecule has 0 saturated carbocycles. The molecule has 1 amide bonds. The third-order valence-electron chi connectivity index (χ3n) is 3.99. The number of likely N-dealkylation sites (tertiary alicyclic amines) is 1. The van der Waals surface area contributed by atoms with Crippen LogP contribution in [0.5, 0.6) is 0 Å². The number of amides is 1. The predicted octanol–water partition coefficient (Wildman–Crippen LogP) is 2.46. The zero-order chi connectivity index (χ0) is 16.5. The second-order valence-corrected chi connectivity index (χ2v) is 6.89. The summed E-state index contributed by atoms with van der Waals surface area (Å²) in [4.78, 5) is 25.1. The Morgan fingerprint density at radius 3 is 2.64 bits per heavy atom. The van der Waals surface area contributed by atoms with Crippen molar-refractivity contribution in [3.8, 4) is 0 Å². The van der Waals surface area contributed by atoms with Crippen LogP contribution >= 0.6 is 0 Å². The van der Waals surface area contributed by atoms with E-state index in [1.54, 1.807) is 17.0 Å². The quantitative estimate of drug-likeness (QED) is 0.671. The monoisotopic (exact) mass is 305 g/mol. The summed E-state index contributed by atoms with van der Waals surface area (Å²) in [5.41, 5.74) is 6.53. The van der Waals surface area contributed by atoms with Gasteiger partial charge in [-0.3, -0.25) is 14.9 Å². The second-order valence-electron chi connectivity index (χ2n) is 6.89. The van der Waals surface area contributed by atoms with Crippen LogP contribution in [0.2, 0.25) is 0 Å². The highest BCUT2D eigenvalue weighted by Crippen LogP contribution is 2.32. The van der Waals surface area contributed by atoms with Gasteiger partial charge in [0.05, 0.1) is 4.92 Å². The summed E-state index contributed by atoms with van der Waals surface area (Å²) in [6, 6.07) is 4.75. The van der Waals surface area contributed by atoms with Crippen LogP contribution in [0.25, 0.3) is 0 Å². The highest BCUT2D eigenvalue weighted by molar-refractivity contribution is 5.95. The maximum Gasteiger partial charge on any atom is 0.273 e. The van der Waals surface area contributed by atoms with Crippen molar-refractivity contribution >= 4 is 11.6 Å². The Morgan fingerprint density at radius 2 is 2.09 bits per heavy atom. The van der Waals surface area contributed by atoms with Crippen LogP contribution in [0.3, 0.4) is 0 Å². The molecule has 0 bridgehead atoms. The van der Waals surface area contributed by atoms with Crippen LogP contribution in [0.15, 0.2) is 18.2 Å². The number of piperidine rings is 1. The van der Waals surface area contributed by atoms with Crippen molar-refractivity contribution < 1.29 is 9.72 Å². The van der Waals surface area contributed by atoms with E-state index in [0.29, 0.717) is 24.2 Å². The van der Waals surface area contributed by atoms with E-state index < -0.39 is 4.92 Å². The minimum atomic E-state index is -0.417. The minimum absolute atomic E-state index is 0.000317. The molecule has 1 atom stereocenters. The first kappa shape index (κ1) is 16.4. The van der Waals surface area contributed by atoms with Crippen molar-refractivity contribution in [2.75, 3.05) is 13.1 Å². The molecule has 1 heterocycles. The standard InChI is InChI=1S/C16H23N3O3/c1-16(2,3)13-7-6-11(9-14(13)19(21)22)15(20)18-8-4-5-12(17)10-18/h6-7,9,12H,4-5,8,10,17H2,1-3H3. The van der Waals surface area contributed by atoms with Gasteiger partial charge in [0.15, 0.2) is 0 Å². The predicted molar refractivity (Wildman–Crippen MR) is 84.9 cm³/mol. The lowest BCUT2D eigenvalue weighted by atomic mass is 9.85. The molecule has 0 aromatic heterocycles. The van der Waals surface area contributed by atoms with E-state index in [0.717, 1.165) is 12.8 Å². The maximum absolute atomic E-state index is 12.5. The Bertz CT molecular complexity index is 593. The molecule has 1 aromatic carbocycles. The number of hydrogen-bond acceptors (Lipinski definition) is 4. The van der Waals surface area contributed by atoms with Gasteiger partial charge >= 0.3 is 0 Å². The van der Waals surface area contributed by atoms with E-state index in [2.05, 4.69) is 0 Å². The normalized spacial score (nSPS) is 19.1. The van der Waals surface area contributed by atoms with E-state index in [4.69, 9.17) is 5.73 Å². The lowest BCUT2D eigenvalue weighted by molar-refractivity contribution is -0.386. The molecule has 1 fully saturated rings. The summed E-state index contributed by atoms with van der Waals surface area (Å²) in [7, 11) is 0. The smallest absolute Gasteiger partial charge is 0.273 e. The van der Waals surface area contributed by atoms with Crippen molar-refractivity contribution in [1.82, 2.24) is 4.90 Å². The van der Waals surface area contributed by atoms with Gasteiger partial charge in [-0.1, -0.05) is 26.8 Å². The molecule has 6 nitrogen and oxygen atoms in total. The van der Waals surface area contributed by atoms with Gasteiger partial charge in [0, 0.05) is 36.3 Å². The summed E-state index contributed by atoms with van der Waals surface area (Å²) in [6.45, 7) is 6.91. The molecular weight excluding hydrogens is 282 g/mol. The number of nitrogens with two attached hydrogens (primary N) is 1. The third-order valence-corrected chi connectivity index (χ3v) is 3.99. The van der Waals surface area contributed by atoms with Crippen molar-refractivity contribution in [3.05, 3.63) is 39.4 Å². The van der Waals surface area contributed by atoms with E-state index >= 15 is 0 Å². The number of nitrogens with zero attached hydrogens (tertiary/aromatic N) is 2. The van der Waals surface area contributed by atoms with Gasteiger partial charge in [-0.25, -0.2) is 0 Å². The Morgan fingerprint density at radius 1 is 1.41 bits per heavy atom. The molecule has 6 heteroatoms. The Balaban J connectivity index is 2.34. The van der Waals surface area contributed by atoms with Crippen LogP contribution in [0, 0.1) is 10.1 Å². The molecule has 2 N–H and O–H groups in total. The van der Waals surface area contributed by atoms with E-state index in [-0.39, 0.29) is 23.1 Å². The van der Waals surface area contributed by atoms with E-state index in [1.165, 1.54) is 6.07 Å². The van der Waals surface area contributed by atoms with Crippen molar-refractivity contribution in [2.24, 2.45) is 5.73 Å². The summed E-state index contributed by atoms with van der Waals surface area (Å²) >= 11 is 0. The largest absolute Gasteiger partial charge is 0.337 e. The second kappa shape index (κ2) is 6.04. The van der Waals surface area contributed by atoms with Gasteiger partial charge in [0.1, 0.15) is 0 Å². The van der Waals surface area contributed by atoms with Gasteiger partial charge in [-0.2, -0.15) is 0 Å². The lowest BCUT2D eigenvalue weighted by Gasteiger charge is -2.31.